The Morgan fingerprint density at radius 2 is 1.88 bits per heavy atom. The van der Waals surface area contributed by atoms with Crippen molar-refractivity contribution in [2.45, 2.75) is 32.1 Å². The van der Waals surface area contributed by atoms with Crippen LogP contribution in [0.2, 0.25) is 0 Å². The first-order chi connectivity index (χ1) is 8.29. The van der Waals surface area contributed by atoms with E-state index in [0.29, 0.717) is 11.5 Å². The van der Waals surface area contributed by atoms with Crippen LogP contribution in [0.3, 0.4) is 0 Å². The van der Waals surface area contributed by atoms with Gasteiger partial charge in [0.2, 0.25) is 0 Å². The van der Waals surface area contributed by atoms with Gasteiger partial charge in [-0.2, -0.15) is 0 Å². The average Bonchev–Trinajstić information content (AvgIpc) is 2.38. The van der Waals surface area contributed by atoms with Crippen LogP contribution in [-0.2, 0) is 0 Å². The molecule has 0 amide bonds. The van der Waals surface area contributed by atoms with Gasteiger partial charge in [0.1, 0.15) is 5.82 Å². The van der Waals surface area contributed by atoms with Crippen molar-refractivity contribution in [3.05, 3.63) is 35.1 Å². The second-order valence-electron chi connectivity index (χ2n) is 4.44. The fourth-order valence-corrected chi connectivity index (χ4v) is 2.17. The summed E-state index contributed by atoms with van der Waals surface area (Å²) in [5.41, 5.74) is 1.31. The van der Waals surface area contributed by atoms with E-state index in [0.717, 1.165) is 5.56 Å². The summed E-state index contributed by atoms with van der Waals surface area (Å²) in [4.78, 5) is 0. The zero-order valence-electron chi connectivity index (χ0n) is 9.80. The van der Waals surface area contributed by atoms with Gasteiger partial charge in [-0.25, -0.2) is 4.39 Å². The molecule has 0 aliphatic heterocycles. The molecule has 1 saturated carbocycles. The van der Waals surface area contributed by atoms with Gasteiger partial charge in [-0.1, -0.05) is 37.0 Å². The summed E-state index contributed by atoms with van der Waals surface area (Å²) >= 11 is 0. The van der Waals surface area contributed by atoms with E-state index >= 15 is 0 Å². The first-order valence-electron chi connectivity index (χ1n) is 6.07. The summed E-state index contributed by atoms with van der Waals surface area (Å²) < 4.78 is 13.0. The molecule has 1 aromatic carbocycles. The molecule has 2 rings (SSSR count). The van der Waals surface area contributed by atoms with E-state index in [1.807, 2.05) is 0 Å². The quantitative estimate of drug-likeness (QED) is 0.591. The second-order valence-corrected chi connectivity index (χ2v) is 4.44. The lowest BCUT2D eigenvalue weighted by Gasteiger charge is -2.15. The lowest BCUT2D eigenvalue weighted by atomic mass is 9.89. The van der Waals surface area contributed by atoms with Crippen molar-refractivity contribution in [3.63, 3.8) is 0 Å². The number of hydrogen-bond acceptors (Lipinski definition) is 0. The summed E-state index contributed by atoms with van der Waals surface area (Å²) in [5.74, 6) is 9.03. The molecule has 0 bridgehead atoms. The SMILES string of the molecule is C#Cc1cc(F)ccc1C#CC1CCCCC1. The third kappa shape index (κ3) is 3.11. The van der Waals surface area contributed by atoms with Crippen LogP contribution < -0.4 is 0 Å². The highest BCUT2D eigenvalue weighted by atomic mass is 19.1. The van der Waals surface area contributed by atoms with Crippen molar-refractivity contribution in [2.75, 3.05) is 0 Å². The highest BCUT2D eigenvalue weighted by Crippen LogP contribution is 2.23. The molecule has 1 aliphatic carbocycles. The minimum Gasteiger partial charge on any atom is -0.207 e. The number of benzene rings is 1. The molecule has 0 saturated heterocycles. The van der Waals surface area contributed by atoms with Gasteiger partial charge in [-0.3, -0.25) is 0 Å². The molecule has 1 heteroatoms. The van der Waals surface area contributed by atoms with E-state index in [4.69, 9.17) is 6.42 Å². The average molecular weight is 226 g/mol. The molecular weight excluding hydrogens is 211 g/mol. The summed E-state index contributed by atoms with van der Waals surface area (Å²) in [6.07, 6.45) is 11.6. The molecule has 1 fully saturated rings. The minimum absolute atomic E-state index is 0.304. The molecule has 0 spiro atoms. The van der Waals surface area contributed by atoms with Crippen LogP contribution in [0.5, 0.6) is 0 Å². The van der Waals surface area contributed by atoms with Gasteiger partial charge in [-0.15, -0.1) is 6.42 Å². The van der Waals surface area contributed by atoms with E-state index < -0.39 is 0 Å². The molecule has 0 unspecified atom stereocenters. The van der Waals surface area contributed by atoms with Crippen molar-refractivity contribution in [1.29, 1.82) is 0 Å². The fraction of sp³-hybridized carbons (Fsp3) is 0.375. The monoisotopic (exact) mass is 226 g/mol. The van der Waals surface area contributed by atoms with E-state index in [-0.39, 0.29) is 5.82 Å². The summed E-state index contributed by atoms with van der Waals surface area (Å²) in [6, 6.07) is 4.44. The molecule has 17 heavy (non-hydrogen) atoms. The first-order valence-corrected chi connectivity index (χ1v) is 6.07. The molecule has 1 aromatic rings. The van der Waals surface area contributed by atoms with Gasteiger partial charge in [0, 0.05) is 17.0 Å². The van der Waals surface area contributed by atoms with Crippen LogP contribution >= 0.6 is 0 Å². The lowest BCUT2D eigenvalue weighted by molar-refractivity contribution is 0.430. The molecule has 0 aromatic heterocycles. The molecule has 86 valence electrons. The van der Waals surface area contributed by atoms with Crippen LogP contribution in [0.25, 0.3) is 0 Å². The number of halogens is 1. The number of terminal acetylenes is 1. The van der Waals surface area contributed by atoms with E-state index in [1.165, 1.54) is 44.2 Å². The Morgan fingerprint density at radius 1 is 1.12 bits per heavy atom. The van der Waals surface area contributed by atoms with Crippen LogP contribution in [0.1, 0.15) is 43.2 Å². The maximum Gasteiger partial charge on any atom is 0.124 e. The highest BCUT2D eigenvalue weighted by Gasteiger charge is 2.10. The largest absolute Gasteiger partial charge is 0.207 e. The highest BCUT2D eigenvalue weighted by molar-refractivity contribution is 5.49. The lowest BCUT2D eigenvalue weighted by Crippen LogP contribution is -2.03. The third-order valence-corrected chi connectivity index (χ3v) is 3.15. The van der Waals surface area contributed by atoms with Crippen molar-refractivity contribution >= 4 is 0 Å². The summed E-state index contributed by atoms with van der Waals surface area (Å²) in [5, 5.41) is 0. The maximum absolute atomic E-state index is 13.0. The number of hydrogen-bond donors (Lipinski definition) is 0. The Hall–Kier alpha value is -1.73. The van der Waals surface area contributed by atoms with Crippen molar-refractivity contribution < 1.29 is 4.39 Å². The van der Waals surface area contributed by atoms with E-state index in [2.05, 4.69) is 17.8 Å². The minimum atomic E-state index is -0.304. The van der Waals surface area contributed by atoms with Crippen LogP contribution in [0, 0.1) is 35.9 Å². The van der Waals surface area contributed by atoms with Crippen LogP contribution in [-0.4, -0.2) is 0 Å². The Kier molecular flexibility index (Phi) is 3.84. The maximum atomic E-state index is 13.0. The normalized spacial score (nSPS) is 15.8. The third-order valence-electron chi connectivity index (χ3n) is 3.15. The molecule has 0 radical (unpaired) electrons. The molecule has 0 atom stereocenters. The Labute approximate surface area is 102 Å². The van der Waals surface area contributed by atoms with Crippen LogP contribution in [0.4, 0.5) is 4.39 Å². The van der Waals surface area contributed by atoms with Gasteiger partial charge in [0.15, 0.2) is 0 Å². The Bertz CT molecular complexity index is 490. The first kappa shape index (κ1) is 11.7. The fourth-order valence-electron chi connectivity index (χ4n) is 2.17. The second kappa shape index (κ2) is 5.55. The Morgan fingerprint density at radius 3 is 2.59 bits per heavy atom. The molecule has 0 heterocycles. The molecule has 0 N–H and O–H groups in total. The standard InChI is InChI=1S/C16H15F/c1-2-14-12-16(17)11-10-15(14)9-8-13-6-4-3-5-7-13/h1,10-13H,3-7H2. The molecule has 1 aliphatic rings. The van der Waals surface area contributed by atoms with Crippen molar-refractivity contribution in [1.82, 2.24) is 0 Å². The van der Waals surface area contributed by atoms with Gasteiger partial charge in [-0.05, 0) is 31.0 Å². The van der Waals surface area contributed by atoms with Crippen molar-refractivity contribution in [3.8, 4) is 24.2 Å². The van der Waals surface area contributed by atoms with Crippen LogP contribution in [0.15, 0.2) is 18.2 Å². The zero-order valence-corrected chi connectivity index (χ0v) is 9.80. The van der Waals surface area contributed by atoms with Gasteiger partial charge in [0.25, 0.3) is 0 Å². The van der Waals surface area contributed by atoms with Crippen molar-refractivity contribution in [2.24, 2.45) is 5.92 Å². The zero-order chi connectivity index (χ0) is 12.1. The Balaban J connectivity index is 2.18. The molecular formula is C16H15F. The molecule has 0 nitrogen and oxygen atoms in total. The smallest absolute Gasteiger partial charge is 0.124 e. The van der Waals surface area contributed by atoms with Gasteiger partial charge in [0.05, 0.1) is 0 Å². The predicted molar refractivity (Wildman–Crippen MR) is 67.8 cm³/mol. The van der Waals surface area contributed by atoms with E-state index in [9.17, 15) is 4.39 Å². The number of rotatable bonds is 0. The topological polar surface area (TPSA) is 0 Å². The van der Waals surface area contributed by atoms with Gasteiger partial charge < -0.3 is 0 Å². The summed E-state index contributed by atoms with van der Waals surface area (Å²) in [6.45, 7) is 0. The summed E-state index contributed by atoms with van der Waals surface area (Å²) in [7, 11) is 0. The van der Waals surface area contributed by atoms with Gasteiger partial charge >= 0.3 is 0 Å². The van der Waals surface area contributed by atoms with E-state index in [1.54, 1.807) is 6.07 Å². The predicted octanol–water partition coefficient (Wildman–Crippen LogP) is 3.74.